The summed E-state index contributed by atoms with van der Waals surface area (Å²) < 4.78 is 2.69. The third-order valence-corrected chi connectivity index (χ3v) is 7.00. The van der Waals surface area contributed by atoms with Crippen LogP contribution in [0.1, 0.15) is 5.56 Å². The van der Waals surface area contributed by atoms with Gasteiger partial charge in [0.2, 0.25) is 0 Å². The lowest BCUT2D eigenvalue weighted by atomic mass is 10.0. The van der Waals surface area contributed by atoms with E-state index in [2.05, 4.69) is 103 Å². The average molecular weight is 402 g/mol. The van der Waals surface area contributed by atoms with Crippen LogP contribution < -0.4 is 5.32 Å². The Balaban J connectivity index is 1.67. The second-order valence-electron chi connectivity index (χ2n) is 7.56. The van der Waals surface area contributed by atoms with Gasteiger partial charge in [-0.15, -0.1) is 11.3 Å². The quantitative estimate of drug-likeness (QED) is 0.312. The number of hydrogen-bond acceptors (Lipinski definition) is 2. The fraction of sp³-hybridized carbons (Fsp3) is 0. The van der Waals surface area contributed by atoms with E-state index < -0.39 is 0 Å². The molecule has 0 aliphatic carbocycles. The lowest BCUT2D eigenvalue weighted by Crippen LogP contribution is -1.92. The fourth-order valence-electron chi connectivity index (χ4n) is 4.33. The van der Waals surface area contributed by atoms with Gasteiger partial charge in [0, 0.05) is 42.3 Å². The number of thiophene rings is 1. The van der Waals surface area contributed by atoms with Crippen LogP contribution in [0.15, 0.2) is 97.6 Å². The molecule has 0 aliphatic heterocycles. The maximum Gasteiger partial charge on any atom is 0.0471 e. The summed E-state index contributed by atoms with van der Waals surface area (Å²) in [6.45, 7) is 3.85. The van der Waals surface area contributed by atoms with Gasteiger partial charge in [-0.05, 0) is 40.6 Å². The smallest absolute Gasteiger partial charge is 0.0471 e. The molecule has 6 rings (SSSR count). The molecule has 0 saturated heterocycles. The molecular formula is C28H19NS. The molecule has 1 N–H and O–H groups in total. The van der Waals surface area contributed by atoms with Gasteiger partial charge in [0.05, 0.1) is 0 Å². The van der Waals surface area contributed by atoms with Crippen LogP contribution in [0.5, 0.6) is 0 Å². The van der Waals surface area contributed by atoms with Crippen molar-refractivity contribution in [2.45, 2.75) is 0 Å². The number of fused-ring (bicyclic) bond motifs is 7. The van der Waals surface area contributed by atoms with Crippen molar-refractivity contribution in [2.75, 3.05) is 5.32 Å². The zero-order valence-corrected chi connectivity index (χ0v) is 17.2. The highest BCUT2D eigenvalue weighted by molar-refractivity contribution is 7.27. The van der Waals surface area contributed by atoms with E-state index in [1.165, 1.54) is 41.7 Å². The van der Waals surface area contributed by atoms with Crippen LogP contribution in [0.3, 0.4) is 0 Å². The van der Waals surface area contributed by atoms with E-state index in [1.54, 1.807) is 0 Å². The monoisotopic (exact) mass is 401 g/mol. The molecule has 2 heteroatoms. The summed E-state index contributed by atoms with van der Waals surface area (Å²) in [6, 6.07) is 32.6. The van der Waals surface area contributed by atoms with Crippen molar-refractivity contribution < 1.29 is 0 Å². The first-order chi connectivity index (χ1) is 14.8. The lowest BCUT2D eigenvalue weighted by molar-refractivity contribution is 1.57. The van der Waals surface area contributed by atoms with E-state index in [4.69, 9.17) is 0 Å². The van der Waals surface area contributed by atoms with E-state index in [1.807, 2.05) is 17.4 Å². The van der Waals surface area contributed by atoms with Crippen LogP contribution in [0.25, 0.3) is 47.8 Å². The van der Waals surface area contributed by atoms with Crippen molar-refractivity contribution in [3.8, 4) is 0 Å². The van der Waals surface area contributed by atoms with Gasteiger partial charge < -0.3 is 5.32 Å². The van der Waals surface area contributed by atoms with E-state index in [0.717, 1.165) is 16.9 Å². The number of benzene rings is 5. The first-order valence-electron chi connectivity index (χ1n) is 10.1. The maximum atomic E-state index is 3.85. The number of nitrogens with one attached hydrogen (secondary N) is 1. The highest BCUT2D eigenvalue weighted by Gasteiger charge is 2.14. The SMILES string of the molecule is C=Cc1ccc(Nc2cc3c(sc4ccc5ccccc5c43)c3ccccc23)cc1. The molecule has 0 aliphatic rings. The third kappa shape index (κ3) is 2.62. The molecule has 5 aromatic carbocycles. The Labute approximate surface area is 178 Å². The predicted octanol–water partition coefficient (Wildman–Crippen LogP) is 8.75. The Kier molecular flexibility index (Phi) is 3.87. The Morgan fingerprint density at radius 2 is 1.43 bits per heavy atom. The first kappa shape index (κ1) is 17.3. The second-order valence-corrected chi connectivity index (χ2v) is 8.61. The van der Waals surface area contributed by atoms with Gasteiger partial charge in [-0.25, -0.2) is 0 Å². The first-order valence-corrected chi connectivity index (χ1v) is 10.9. The highest BCUT2D eigenvalue weighted by atomic mass is 32.1. The molecule has 0 unspecified atom stereocenters. The zero-order chi connectivity index (χ0) is 20.1. The summed E-state index contributed by atoms with van der Waals surface area (Å²) in [6.07, 6.45) is 1.87. The minimum absolute atomic E-state index is 1.08. The Morgan fingerprint density at radius 1 is 0.700 bits per heavy atom. The standard InChI is InChI=1S/C28H19NS/c1-2-18-11-14-20(15-12-18)29-25-17-24-27-21-8-4-3-7-19(21)13-16-26(27)30-28(24)23-10-6-5-9-22(23)25/h2-17,29H,1H2. The molecule has 1 nitrogen and oxygen atoms in total. The summed E-state index contributed by atoms with van der Waals surface area (Å²) in [5.41, 5.74) is 3.34. The Morgan fingerprint density at radius 3 is 2.23 bits per heavy atom. The summed E-state index contributed by atoms with van der Waals surface area (Å²) in [7, 11) is 0. The van der Waals surface area contributed by atoms with E-state index in [0.29, 0.717) is 0 Å². The second kappa shape index (κ2) is 6.72. The molecule has 1 heterocycles. The summed E-state index contributed by atoms with van der Waals surface area (Å²) in [4.78, 5) is 0. The maximum absolute atomic E-state index is 3.85. The number of rotatable bonds is 3. The van der Waals surface area contributed by atoms with Crippen LogP contribution in [0.4, 0.5) is 11.4 Å². The van der Waals surface area contributed by atoms with Crippen LogP contribution in [0, 0.1) is 0 Å². The summed E-state index contributed by atoms with van der Waals surface area (Å²) >= 11 is 1.89. The zero-order valence-electron chi connectivity index (χ0n) is 16.4. The predicted molar refractivity (Wildman–Crippen MR) is 134 cm³/mol. The lowest BCUT2D eigenvalue weighted by Gasteiger charge is -2.12. The van der Waals surface area contributed by atoms with Crippen molar-refractivity contribution in [1.82, 2.24) is 0 Å². The molecule has 0 saturated carbocycles. The van der Waals surface area contributed by atoms with Crippen molar-refractivity contribution >= 4 is 70.5 Å². The third-order valence-electron chi connectivity index (χ3n) is 5.79. The normalized spacial score (nSPS) is 11.5. The summed E-state index contributed by atoms with van der Waals surface area (Å²) in [5, 5.41) is 11.5. The topological polar surface area (TPSA) is 12.0 Å². The number of hydrogen-bond donors (Lipinski definition) is 1. The van der Waals surface area contributed by atoms with Crippen molar-refractivity contribution in [1.29, 1.82) is 0 Å². The molecule has 0 bridgehead atoms. The van der Waals surface area contributed by atoms with Crippen molar-refractivity contribution in [3.63, 3.8) is 0 Å². The molecule has 6 aromatic rings. The van der Waals surface area contributed by atoms with Gasteiger partial charge in [0.1, 0.15) is 0 Å². The molecule has 0 radical (unpaired) electrons. The van der Waals surface area contributed by atoms with Gasteiger partial charge in [0.25, 0.3) is 0 Å². The summed E-state index contributed by atoms with van der Waals surface area (Å²) in [5.74, 6) is 0. The van der Waals surface area contributed by atoms with Crippen LogP contribution in [-0.4, -0.2) is 0 Å². The molecular weight excluding hydrogens is 382 g/mol. The van der Waals surface area contributed by atoms with E-state index >= 15 is 0 Å². The van der Waals surface area contributed by atoms with Crippen molar-refractivity contribution in [3.05, 3.63) is 103 Å². The van der Waals surface area contributed by atoms with Crippen molar-refractivity contribution in [2.24, 2.45) is 0 Å². The van der Waals surface area contributed by atoms with E-state index in [-0.39, 0.29) is 0 Å². The minimum Gasteiger partial charge on any atom is -0.355 e. The van der Waals surface area contributed by atoms with Gasteiger partial charge in [-0.3, -0.25) is 0 Å². The molecule has 0 amide bonds. The van der Waals surface area contributed by atoms with E-state index in [9.17, 15) is 0 Å². The van der Waals surface area contributed by atoms with Gasteiger partial charge in [-0.2, -0.15) is 0 Å². The molecule has 0 spiro atoms. The molecule has 30 heavy (non-hydrogen) atoms. The van der Waals surface area contributed by atoms with Crippen LogP contribution >= 0.6 is 11.3 Å². The molecule has 0 fully saturated rings. The molecule has 0 atom stereocenters. The molecule has 142 valence electrons. The van der Waals surface area contributed by atoms with Crippen LogP contribution in [0.2, 0.25) is 0 Å². The largest absolute Gasteiger partial charge is 0.355 e. The average Bonchev–Trinajstić information content (AvgIpc) is 3.19. The van der Waals surface area contributed by atoms with Crippen LogP contribution in [-0.2, 0) is 0 Å². The molecule has 1 aromatic heterocycles. The minimum atomic E-state index is 1.08. The Bertz CT molecular complexity index is 1570. The van der Waals surface area contributed by atoms with Gasteiger partial charge in [0.15, 0.2) is 0 Å². The highest BCUT2D eigenvalue weighted by Crippen LogP contribution is 2.44. The van der Waals surface area contributed by atoms with Gasteiger partial charge in [-0.1, -0.05) is 79.4 Å². The number of anilines is 2. The Hall–Kier alpha value is -3.62. The fourth-order valence-corrected chi connectivity index (χ4v) is 5.57. The van der Waals surface area contributed by atoms with Gasteiger partial charge >= 0.3 is 0 Å².